The van der Waals surface area contributed by atoms with E-state index >= 15 is 0 Å². The molecular formula is C17H14FN3O. The number of aromatic amines is 1. The maximum atomic E-state index is 13.7. The molecular weight excluding hydrogens is 281 g/mol. The van der Waals surface area contributed by atoms with Crippen LogP contribution in [0.1, 0.15) is 22.1 Å². The van der Waals surface area contributed by atoms with Crippen molar-refractivity contribution in [3.8, 4) is 0 Å². The fraction of sp³-hybridized carbons (Fsp3) is 0.176. The molecule has 0 bridgehead atoms. The fourth-order valence-electron chi connectivity index (χ4n) is 2.79. The third kappa shape index (κ3) is 2.06. The van der Waals surface area contributed by atoms with E-state index < -0.39 is 5.82 Å². The van der Waals surface area contributed by atoms with Crippen molar-refractivity contribution >= 4 is 16.9 Å². The lowest BCUT2D eigenvalue weighted by Crippen LogP contribution is -2.49. The van der Waals surface area contributed by atoms with Crippen LogP contribution >= 0.6 is 0 Å². The standard InChI is InChI=1S/C17H14FN3O/c18-13-6-2-1-5-12(13)17(22)21-9-11(10-21)16-19-14-7-3-4-8-15(14)20-16/h1-8,11H,9-10H2,(H,19,20). The Kier molecular flexibility index (Phi) is 2.92. The maximum Gasteiger partial charge on any atom is 0.256 e. The predicted octanol–water partition coefficient (Wildman–Crippen LogP) is 2.94. The number of likely N-dealkylation sites (tertiary alicyclic amines) is 1. The van der Waals surface area contributed by atoms with Gasteiger partial charge in [-0.15, -0.1) is 0 Å². The van der Waals surface area contributed by atoms with E-state index in [1.807, 2.05) is 24.3 Å². The molecule has 0 atom stereocenters. The number of nitrogens with one attached hydrogen (secondary N) is 1. The Morgan fingerprint density at radius 2 is 1.86 bits per heavy atom. The van der Waals surface area contributed by atoms with Gasteiger partial charge in [0, 0.05) is 13.1 Å². The van der Waals surface area contributed by atoms with Gasteiger partial charge in [-0.05, 0) is 24.3 Å². The summed E-state index contributed by atoms with van der Waals surface area (Å²) < 4.78 is 13.7. The van der Waals surface area contributed by atoms with E-state index in [1.165, 1.54) is 12.1 Å². The molecule has 2 heterocycles. The van der Waals surface area contributed by atoms with E-state index in [4.69, 9.17) is 0 Å². The fourth-order valence-corrected chi connectivity index (χ4v) is 2.79. The molecule has 0 saturated carbocycles. The normalized spacial score (nSPS) is 15.0. The van der Waals surface area contributed by atoms with Gasteiger partial charge >= 0.3 is 0 Å². The zero-order valence-electron chi connectivity index (χ0n) is 11.8. The second-order valence-corrected chi connectivity index (χ2v) is 5.53. The van der Waals surface area contributed by atoms with Crippen LogP contribution in [0, 0.1) is 5.82 Å². The van der Waals surface area contributed by atoms with Gasteiger partial charge in [-0.25, -0.2) is 9.37 Å². The first kappa shape index (κ1) is 13.0. The Balaban J connectivity index is 1.50. The average Bonchev–Trinajstić information content (AvgIpc) is 2.89. The number of aromatic nitrogens is 2. The van der Waals surface area contributed by atoms with Gasteiger partial charge in [-0.3, -0.25) is 4.79 Å². The van der Waals surface area contributed by atoms with E-state index in [-0.39, 0.29) is 17.4 Å². The highest BCUT2D eigenvalue weighted by Crippen LogP contribution is 2.28. The van der Waals surface area contributed by atoms with Crippen molar-refractivity contribution in [1.82, 2.24) is 14.9 Å². The molecule has 1 saturated heterocycles. The molecule has 1 aromatic heterocycles. The third-order valence-electron chi connectivity index (χ3n) is 4.07. The number of hydrogen-bond donors (Lipinski definition) is 1. The minimum Gasteiger partial charge on any atom is -0.342 e. The Bertz CT molecular complexity index is 819. The quantitative estimate of drug-likeness (QED) is 0.790. The Morgan fingerprint density at radius 3 is 2.64 bits per heavy atom. The Labute approximate surface area is 126 Å². The highest BCUT2D eigenvalue weighted by atomic mass is 19.1. The zero-order valence-corrected chi connectivity index (χ0v) is 11.8. The molecule has 1 aliphatic rings. The second kappa shape index (κ2) is 4.94. The summed E-state index contributed by atoms with van der Waals surface area (Å²) in [4.78, 5) is 21.7. The van der Waals surface area contributed by atoms with Crippen molar-refractivity contribution in [3.05, 3.63) is 65.7 Å². The summed E-state index contributed by atoms with van der Waals surface area (Å²) in [6, 6.07) is 13.9. The van der Waals surface area contributed by atoms with Crippen LogP contribution in [0.4, 0.5) is 4.39 Å². The summed E-state index contributed by atoms with van der Waals surface area (Å²) >= 11 is 0. The molecule has 22 heavy (non-hydrogen) atoms. The van der Waals surface area contributed by atoms with Crippen molar-refractivity contribution in [2.75, 3.05) is 13.1 Å². The molecule has 2 aromatic carbocycles. The van der Waals surface area contributed by atoms with Crippen LogP contribution in [0.3, 0.4) is 0 Å². The van der Waals surface area contributed by atoms with E-state index in [0.717, 1.165) is 16.9 Å². The topological polar surface area (TPSA) is 49.0 Å². The molecule has 5 heteroatoms. The van der Waals surface area contributed by atoms with Crippen molar-refractivity contribution in [2.24, 2.45) is 0 Å². The van der Waals surface area contributed by atoms with Gasteiger partial charge in [0.05, 0.1) is 22.5 Å². The monoisotopic (exact) mass is 295 g/mol. The van der Waals surface area contributed by atoms with E-state index in [1.54, 1.807) is 17.0 Å². The smallest absolute Gasteiger partial charge is 0.256 e. The first-order chi connectivity index (χ1) is 10.7. The average molecular weight is 295 g/mol. The van der Waals surface area contributed by atoms with Crippen molar-refractivity contribution < 1.29 is 9.18 Å². The Morgan fingerprint density at radius 1 is 1.14 bits per heavy atom. The van der Waals surface area contributed by atoms with Gasteiger partial charge in [0.15, 0.2) is 0 Å². The van der Waals surface area contributed by atoms with Crippen molar-refractivity contribution in [2.45, 2.75) is 5.92 Å². The summed E-state index contributed by atoms with van der Waals surface area (Å²) in [6.07, 6.45) is 0. The number of carbonyl (C=O) groups is 1. The molecule has 4 rings (SSSR count). The summed E-state index contributed by atoms with van der Waals surface area (Å²) in [6.45, 7) is 1.12. The van der Waals surface area contributed by atoms with Crippen molar-refractivity contribution in [1.29, 1.82) is 0 Å². The maximum absolute atomic E-state index is 13.7. The largest absolute Gasteiger partial charge is 0.342 e. The molecule has 0 aliphatic carbocycles. The first-order valence-electron chi connectivity index (χ1n) is 7.21. The number of hydrogen-bond acceptors (Lipinski definition) is 2. The minimum atomic E-state index is -0.473. The van der Waals surface area contributed by atoms with Crippen LogP contribution in [0.5, 0.6) is 0 Å². The third-order valence-corrected chi connectivity index (χ3v) is 4.07. The number of H-pyrrole nitrogens is 1. The van der Waals surface area contributed by atoms with Crippen molar-refractivity contribution in [3.63, 3.8) is 0 Å². The van der Waals surface area contributed by atoms with Gasteiger partial charge in [0.25, 0.3) is 5.91 Å². The number of rotatable bonds is 2. The summed E-state index contributed by atoms with van der Waals surface area (Å²) in [5, 5.41) is 0. The molecule has 1 N–H and O–H groups in total. The van der Waals surface area contributed by atoms with Crippen LogP contribution in [-0.4, -0.2) is 33.9 Å². The Hall–Kier alpha value is -2.69. The molecule has 4 nitrogen and oxygen atoms in total. The number of benzene rings is 2. The molecule has 110 valence electrons. The molecule has 1 fully saturated rings. The predicted molar refractivity (Wildman–Crippen MR) is 81.1 cm³/mol. The van der Waals surface area contributed by atoms with Gasteiger partial charge in [0.2, 0.25) is 0 Å². The second-order valence-electron chi connectivity index (χ2n) is 5.53. The van der Waals surface area contributed by atoms with Crippen LogP contribution in [0.25, 0.3) is 11.0 Å². The highest BCUT2D eigenvalue weighted by molar-refractivity contribution is 5.95. The number of fused-ring (bicyclic) bond motifs is 1. The number of amides is 1. The molecule has 3 aromatic rings. The number of imidazole rings is 1. The SMILES string of the molecule is O=C(c1ccccc1F)N1CC(c2nc3ccccc3[nH]2)C1. The van der Waals surface area contributed by atoms with Gasteiger partial charge in [-0.2, -0.15) is 0 Å². The summed E-state index contributed by atoms with van der Waals surface area (Å²) in [5.41, 5.74) is 2.05. The number of halogens is 1. The zero-order chi connectivity index (χ0) is 15.1. The first-order valence-corrected chi connectivity index (χ1v) is 7.21. The van der Waals surface area contributed by atoms with Gasteiger partial charge in [0.1, 0.15) is 11.6 Å². The van der Waals surface area contributed by atoms with Crippen LogP contribution in [-0.2, 0) is 0 Å². The van der Waals surface area contributed by atoms with E-state index in [9.17, 15) is 9.18 Å². The summed E-state index contributed by atoms with van der Waals surface area (Å²) in [5.74, 6) is 0.340. The van der Waals surface area contributed by atoms with Crippen LogP contribution in [0.2, 0.25) is 0 Å². The van der Waals surface area contributed by atoms with E-state index in [0.29, 0.717) is 13.1 Å². The molecule has 0 spiro atoms. The van der Waals surface area contributed by atoms with Crippen LogP contribution < -0.4 is 0 Å². The number of carbonyl (C=O) groups excluding carboxylic acids is 1. The molecule has 0 unspecified atom stereocenters. The minimum absolute atomic E-state index is 0.130. The number of nitrogens with zero attached hydrogens (tertiary/aromatic N) is 2. The molecule has 1 amide bonds. The lowest BCUT2D eigenvalue weighted by molar-refractivity contribution is 0.0591. The van der Waals surface area contributed by atoms with Gasteiger partial charge in [-0.1, -0.05) is 24.3 Å². The highest BCUT2D eigenvalue weighted by Gasteiger charge is 2.34. The molecule has 1 aliphatic heterocycles. The molecule has 0 radical (unpaired) electrons. The van der Waals surface area contributed by atoms with Gasteiger partial charge < -0.3 is 9.88 Å². The number of para-hydroxylation sites is 2. The lowest BCUT2D eigenvalue weighted by Gasteiger charge is -2.38. The lowest BCUT2D eigenvalue weighted by atomic mass is 9.98. The van der Waals surface area contributed by atoms with Crippen LogP contribution in [0.15, 0.2) is 48.5 Å². The van der Waals surface area contributed by atoms with E-state index in [2.05, 4.69) is 9.97 Å². The summed E-state index contributed by atoms with van der Waals surface area (Å²) in [7, 11) is 0.